The van der Waals surface area contributed by atoms with Crippen molar-refractivity contribution in [2.45, 2.75) is 32.0 Å². The predicted molar refractivity (Wildman–Crippen MR) is 122 cm³/mol. The number of hydrogen-bond acceptors (Lipinski definition) is 4. The van der Waals surface area contributed by atoms with Crippen LogP contribution in [0, 0.1) is 6.92 Å². The van der Waals surface area contributed by atoms with Crippen LogP contribution in [0.3, 0.4) is 0 Å². The summed E-state index contributed by atoms with van der Waals surface area (Å²) >= 11 is 11.9. The van der Waals surface area contributed by atoms with Gasteiger partial charge in [0.25, 0.3) is 5.60 Å². The number of carbonyl (C=O) groups excluding carboxylic acids is 1. The number of aryl methyl sites for hydroxylation is 1. The zero-order chi connectivity index (χ0) is 24.0. The summed E-state index contributed by atoms with van der Waals surface area (Å²) in [6, 6.07) is 9.02. The Labute approximate surface area is 200 Å². The van der Waals surface area contributed by atoms with E-state index in [1.807, 2.05) is 26.1 Å². The van der Waals surface area contributed by atoms with Gasteiger partial charge in [0, 0.05) is 28.6 Å². The van der Waals surface area contributed by atoms with E-state index in [9.17, 15) is 18.0 Å². The highest BCUT2D eigenvalue weighted by Gasteiger charge is 2.62. The minimum atomic E-state index is -4.75. The molecule has 2 aliphatic rings. The van der Waals surface area contributed by atoms with Crippen molar-refractivity contribution in [3.8, 4) is 0 Å². The molecule has 2 aliphatic heterocycles. The molecule has 0 aliphatic carbocycles. The molecule has 1 unspecified atom stereocenters. The van der Waals surface area contributed by atoms with Gasteiger partial charge in [-0.2, -0.15) is 13.2 Å². The third-order valence-corrected chi connectivity index (χ3v) is 6.30. The molecule has 5 nitrogen and oxygen atoms in total. The number of likely N-dealkylation sites (N-methyl/N-ethyl adjacent to an activating group) is 1. The highest BCUT2D eigenvalue weighted by molar-refractivity contribution is 6.51. The second kappa shape index (κ2) is 8.85. The molecule has 0 aromatic heterocycles. The minimum absolute atomic E-state index is 0.0603. The predicted octanol–water partition coefficient (Wildman–Crippen LogP) is 4.25. The summed E-state index contributed by atoms with van der Waals surface area (Å²) in [5.74, 6) is 0.0603. The summed E-state index contributed by atoms with van der Waals surface area (Å²) in [5, 5.41) is 3.96. The molecule has 1 fully saturated rings. The Morgan fingerprint density at radius 3 is 2.45 bits per heavy atom. The van der Waals surface area contributed by atoms with Gasteiger partial charge in [-0.3, -0.25) is 4.79 Å². The Balaban J connectivity index is 1.56. The van der Waals surface area contributed by atoms with Crippen LogP contribution in [0.5, 0.6) is 0 Å². The van der Waals surface area contributed by atoms with Crippen molar-refractivity contribution in [3.63, 3.8) is 0 Å². The average molecular weight is 497 g/mol. The van der Waals surface area contributed by atoms with Gasteiger partial charge in [0.1, 0.15) is 0 Å². The lowest BCUT2D eigenvalue weighted by molar-refractivity contribution is -0.275. The van der Waals surface area contributed by atoms with Gasteiger partial charge >= 0.3 is 6.18 Å². The number of oxime groups is 1. The Morgan fingerprint density at radius 2 is 1.88 bits per heavy atom. The van der Waals surface area contributed by atoms with Crippen LogP contribution in [0.25, 0.3) is 0 Å². The monoisotopic (exact) mass is 496 g/mol. The molecule has 4 rings (SSSR count). The summed E-state index contributed by atoms with van der Waals surface area (Å²) in [4.78, 5) is 20.7. The van der Waals surface area contributed by atoms with Crippen molar-refractivity contribution < 1.29 is 22.8 Å². The number of rotatable bonds is 5. The zero-order valence-corrected chi connectivity index (χ0v) is 19.4. The summed E-state index contributed by atoms with van der Waals surface area (Å²) in [6.45, 7) is 5.22. The van der Waals surface area contributed by atoms with Gasteiger partial charge in [0.2, 0.25) is 13.3 Å². The van der Waals surface area contributed by atoms with Gasteiger partial charge in [-0.05, 0) is 37.6 Å². The lowest BCUT2D eigenvalue weighted by Gasteiger charge is -2.29. The van der Waals surface area contributed by atoms with Crippen LogP contribution in [-0.2, 0) is 15.2 Å². The fraction of sp³-hybridized carbons (Fsp3) is 0.364. The molecule has 0 spiro atoms. The molecule has 2 aromatic carbocycles. The van der Waals surface area contributed by atoms with Gasteiger partial charge in [-0.15, -0.1) is 0 Å². The van der Waals surface area contributed by atoms with Crippen LogP contribution in [-0.4, -0.2) is 54.7 Å². The van der Waals surface area contributed by atoms with Crippen LogP contribution < -0.4 is 5.46 Å². The molecule has 1 saturated heterocycles. The Bertz CT molecular complexity index is 1110. The molecule has 1 amide bonds. The zero-order valence-electron chi connectivity index (χ0n) is 17.9. The first-order valence-corrected chi connectivity index (χ1v) is 11.0. The fourth-order valence-corrected chi connectivity index (χ4v) is 4.55. The Morgan fingerprint density at radius 1 is 1.18 bits per heavy atom. The number of alkyl halides is 3. The van der Waals surface area contributed by atoms with E-state index in [4.69, 9.17) is 28.0 Å². The number of amides is 1. The fourth-order valence-electron chi connectivity index (χ4n) is 4.03. The van der Waals surface area contributed by atoms with Gasteiger partial charge in [0.05, 0.1) is 18.9 Å². The molecule has 173 valence electrons. The third kappa shape index (κ3) is 4.59. The second-order valence-corrected chi connectivity index (χ2v) is 9.00. The first-order valence-electron chi connectivity index (χ1n) is 10.3. The average Bonchev–Trinajstić information content (AvgIpc) is 3.33. The van der Waals surface area contributed by atoms with Crippen molar-refractivity contribution in [3.05, 3.63) is 63.1 Å². The smallest absolute Gasteiger partial charge is 0.374 e. The molecule has 2 heterocycles. The minimum Gasteiger partial charge on any atom is -0.374 e. The van der Waals surface area contributed by atoms with Crippen LogP contribution in [0.15, 0.2) is 41.6 Å². The maximum absolute atomic E-state index is 14.2. The molecule has 0 N–H and O–H groups in total. The van der Waals surface area contributed by atoms with Crippen LogP contribution in [0.2, 0.25) is 10.0 Å². The van der Waals surface area contributed by atoms with Crippen molar-refractivity contribution >= 4 is 47.7 Å². The maximum atomic E-state index is 14.2. The number of halogens is 5. The standard InChI is InChI=1S/C22H20BCl2F3N3O2/c1-3-30-12-31(11-20(30)32)23-18-5-4-14(6-13(18)2)19-10-21(33-29-19,22(26,27)28)15-7-16(24)9-17(25)8-15/h4-9H,3,10-12H2,1-2H3. The maximum Gasteiger partial charge on any atom is 0.435 e. The normalized spacial score (nSPS) is 21.4. The molecule has 2 aromatic rings. The van der Waals surface area contributed by atoms with E-state index in [1.54, 1.807) is 23.1 Å². The van der Waals surface area contributed by atoms with Crippen molar-refractivity contribution in [2.24, 2.45) is 5.16 Å². The second-order valence-electron chi connectivity index (χ2n) is 8.13. The molecule has 11 heteroatoms. The van der Waals surface area contributed by atoms with E-state index in [2.05, 4.69) is 5.16 Å². The van der Waals surface area contributed by atoms with E-state index in [1.165, 1.54) is 18.2 Å². The molecule has 1 atom stereocenters. The number of nitrogens with zero attached hydrogens (tertiary/aromatic N) is 3. The van der Waals surface area contributed by atoms with Crippen LogP contribution in [0.1, 0.15) is 30.0 Å². The summed E-state index contributed by atoms with van der Waals surface area (Å²) < 4.78 is 42.6. The highest BCUT2D eigenvalue weighted by Crippen LogP contribution is 2.49. The van der Waals surface area contributed by atoms with Gasteiger partial charge in [-0.25, -0.2) is 0 Å². The van der Waals surface area contributed by atoms with Crippen LogP contribution >= 0.6 is 23.2 Å². The third-order valence-electron chi connectivity index (χ3n) is 5.86. The van der Waals surface area contributed by atoms with Gasteiger partial charge < -0.3 is 14.5 Å². The van der Waals surface area contributed by atoms with Gasteiger partial charge in [-0.1, -0.05) is 57.6 Å². The van der Waals surface area contributed by atoms with Gasteiger partial charge in [0.15, 0.2) is 0 Å². The highest BCUT2D eigenvalue weighted by atomic mass is 35.5. The van der Waals surface area contributed by atoms with E-state index in [-0.39, 0.29) is 27.2 Å². The first-order chi connectivity index (χ1) is 15.5. The summed E-state index contributed by atoms with van der Waals surface area (Å²) in [7, 11) is 1.88. The molecular weight excluding hydrogens is 477 g/mol. The largest absolute Gasteiger partial charge is 0.435 e. The Kier molecular flexibility index (Phi) is 6.42. The van der Waals surface area contributed by atoms with E-state index >= 15 is 0 Å². The molecular formula is C22H20BCl2F3N3O2. The van der Waals surface area contributed by atoms with Crippen LogP contribution in [0.4, 0.5) is 13.2 Å². The van der Waals surface area contributed by atoms with Crippen molar-refractivity contribution in [1.82, 2.24) is 9.71 Å². The quantitative estimate of drug-likeness (QED) is 0.581. The molecule has 0 bridgehead atoms. The topological polar surface area (TPSA) is 45.1 Å². The van der Waals surface area contributed by atoms with E-state index in [0.29, 0.717) is 25.3 Å². The lowest BCUT2D eigenvalue weighted by Crippen LogP contribution is -2.42. The Hall–Kier alpha value is -2.23. The van der Waals surface area contributed by atoms with Crippen molar-refractivity contribution in [1.29, 1.82) is 0 Å². The summed E-state index contributed by atoms with van der Waals surface area (Å²) in [5.41, 5.74) is -0.467. The molecule has 0 saturated carbocycles. The SMILES string of the molecule is CCN1CN([B]c2ccc(C3=NOC(c4cc(Cl)cc(Cl)c4)(C(F)(F)F)C3)cc2C)CC1=O. The van der Waals surface area contributed by atoms with E-state index in [0.717, 1.165) is 11.0 Å². The summed E-state index contributed by atoms with van der Waals surface area (Å²) in [6.07, 6.45) is -5.26. The lowest BCUT2D eigenvalue weighted by atomic mass is 9.77. The van der Waals surface area contributed by atoms with E-state index < -0.39 is 18.2 Å². The van der Waals surface area contributed by atoms with Crippen molar-refractivity contribution in [2.75, 3.05) is 19.8 Å². The first kappa shape index (κ1) is 23.9. The molecule has 33 heavy (non-hydrogen) atoms. The number of benzene rings is 2. The number of hydrogen-bond donors (Lipinski definition) is 0. The number of carbonyl (C=O) groups is 1. The molecule has 1 radical (unpaired) electrons.